The number of rotatable bonds is 2. The first-order valence-electron chi connectivity index (χ1n) is 8.76. The Balaban J connectivity index is 1.96. The molecule has 2 aliphatic rings. The Bertz CT molecular complexity index is 750. The Morgan fingerprint density at radius 3 is 3.00 bits per heavy atom. The summed E-state index contributed by atoms with van der Waals surface area (Å²) in [6.45, 7) is 5.42. The number of fused-ring (bicyclic) bond motifs is 5. The Morgan fingerprint density at radius 1 is 1.39 bits per heavy atom. The van der Waals surface area contributed by atoms with Crippen molar-refractivity contribution in [1.82, 2.24) is 9.88 Å². The molecule has 1 aromatic heterocycles. The molecule has 3 N–H and O–H groups in total. The molecule has 0 radical (unpaired) electrons. The summed E-state index contributed by atoms with van der Waals surface area (Å²) in [4.78, 5) is 18.6. The smallest absolute Gasteiger partial charge is 0.227 e. The van der Waals surface area contributed by atoms with E-state index >= 15 is 0 Å². The highest BCUT2D eigenvalue weighted by Gasteiger charge is 2.47. The van der Waals surface area contributed by atoms with E-state index in [9.17, 15) is 4.79 Å². The summed E-state index contributed by atoms with van der Waals surface area (Å²) in [5.41, 5.74) is 9.43. The molecule has 2 aromatic rings. The van der Waals surface area contributed by atoms with E-state index < -0.39 is 0 Å². The van der Waals surface area contributed by atoms with Crippen LogP contribution in [0.15, 0.2) is 24.3 Å². The molecule has 4 rings (SSSR count). The fourth-order valence-corrected chi connectivity index (χ4v) is 4.93. The molecule has 1 saturated heterocycles. The van der Waals surface area contributed by atoms with Crippen LogP contribution in [0, 0.1) is 5.41 Å². The number of nitrogens with two attached hydrogens (primary N) is 1. The summed E-state index contributed by atoms with van der Waals surface area (Å²) in [5.74, 6) is -0.388. The van der Waals surface area contributed by atoms with Gasteiger partial charge >= 0.3 is 0 Å². The second kappa shape index (κ2) is 5.38. The quantitative estimate of drug-likeness (QED) is 0.896. The van der Waals surface area contributed by atoms with Gasteiger partial charge < -0.3 is 15.6 Å². The number of nitrogens with zero attached hydrogens (tertiary/aromatic N) is 1. The second-order valence-electron chi connectivity index (χ2n) is 7.24. The Kier molecular flexibility index (Phi) is 3.45. The highest BCUT2D eigenvalue weighted by Crippen LogP contribution is 2.48. The molecule has 4 heteroatoms. The number of carbonyl (C=O) groups is 1. The lowest BCUT2D eigenvalue weighted by Crippen LogP contribution is -2.51. The van der Waals surface area contributed by atoms with Gasteiger partial charge in [-0.25, -0.2) is 0 Å². The van der Waals surface area contributed by atoms with Crippen LogP contribution in [0.25, 0.3) is 10.9 Å². The predicted molar refractivity (Wildman–Crippen MR) is 92.3 cm³/mol. The van der Waals surface area contributed by atoms with Gasteiger partial charge in [-0.1, -0.05) is 25.1 Å². The van der Waals surface area contributed by atoms with Gasteiger partial charge in [0.15, 0.2) is 0 Å². The first kappa shape index (κ1) is 14.8. The van der Waals surface area contributed by atoms with Crippen molar-refractivity contribution in [1.29, 1.82) is 0 Å². The lowest BCUT2D eigenvalue weighted by molar-refractivity contribution is -0.124. The van der Waals surface area contributed by atoms with Crippen molar-refractivity contribution in [2.45, 2.75) is 38.5 Å². The van der Waals surface area contributed by atoms with Gasteiger partial charge in [0.1, 0.15) is 0 Å². The van der Waals surface area contributed by atoms with Crippen LogP contribution >= 0.6 is 0 Å². The summed E-state index contributed by atoms with van der Waals surface area (Å²) >= 11 is 0. The maximum atomic E-state index is 12.5. The van der Waals surface area contributed by atoms with Crippen molar-refractivity contribution in [2.24, 2.45) is 11.1 Å². The van der Waals surface area contributed by atoms with Gasteiger partial charge in [-0.2, -0.15) is 0 Å². The van der Waals surface area contributed by atoms with Gasteiger partial charge in [0.05, 0.1) is 5.92 Å². The molecule has 1 amide bonds. The molecular formula is C19H25N3O. The lowest BCUT2D eigenvalue weighted by atomic mass is 9.65. The summed E-state index contributed by atoms with van der Waals surface area (Å²) < 4.78 is 0. The Labute approximate surface area is 137 Å². The van der Waals surface area contributed by atoms with Gasteiger partial charge in [0.2, 0.25) is 5.91 Å². The fourth-order valence-electron chi connectivity index (χ4n) is 4.93. The minimum Gasteiger partial charge on any atom is -0.369 e. The van der Waals surface area contributed by atoms with Gasteiger partial charge in [0.25, 0.3) is 0 Å². The highest BCUT2D eigenvalue weighted by atomic mass is 16.1. The molecule has 2 bridgehead atoms. The summed E-state index contributed by atoms with van der Waals surface area (Å²) in [7, 11) is 0. The maximum Gasteiger partial charge on any atom is 0.227 e. The molecule has 0 spiro atoms. The van der Waals surface area contributed by atoms with E-state index in [1.807, 2.05) is 6.07 Å². The normalized spacial score (nSPS) is 30.5. The highest BCUT2D eigenvalue weighted by molar-refractivity contribution is 5.90. The van der Waals surface area contributed by atoms with E-state index in [-0.39, 0.29) is 17.2 Å². The van der Waals surface area contributed by atoms with Crippen LogP contribution in [0.3, 0.4) is 0 Å². The molecule has 0 aliphatic carbocycles. The standard InChI is InChI=1S/C19H25N3O/c1-2-19-9-5-10-22(12-19)11-8-14-13-6-3-4-7-15(13)21-17(14)16(19)18(20)23/h3-4,6-7,16,21H,2,5,8-12H2,1H3,(H2,20,23)/t16-,19+/m0/s1. The third-order valence-electron chi connectivity index (χ3n) is 6.10. The Morgan fingerprint density at radius 2 is 2.22 bits per heavy atom. The zero-order valence-corrected chi connectivity index (χ0v) is 13.8. The second-order valence-corrected chi connectivity index (χ2v) is 7.24. The number of aromatic nitrogens is 1. The average Bonchev–Trinajstić information content (AvgIpc) is 2.89. The minimum absolute atomic E-state index is 0.0276. The maximum absolute atomic E-state index is 12.5. The third-order valence-corrected chi connectivity index (χ3v) is 6.10. The van der Waals surface area contributed by atoms with Gasteiger partial charge in [0, 0.05) is 29.7 Å². The number of nitrogens with one attached hydrogen (secondary N) is 1. The van der Waals surface area contributed by atoms with Crippen molar-refractivity contribution in [3.63, 3.8) is 0 Å². The van der Waals surface area contributed by atoms with Crippen molar-refractivity contribution >= 4 is 16.8 Å². The molecule has 23 heavy (non-hydrogen) atoms. The van der Waals surface area contributed by atoms with Gasteiger partial charge in [-0.3, -0.25) is 4.79 Å². The fraction of sp³-hybridized carbons (Fsp3) is 0.526. The molecule has 3 heterocycles. The number of benzene rings is 1. The molecular weight excluding hydrogens is 286 g/mol. The van der Waals surface area contributed by atoms with E-state index in [1.165, 1.54) is 10.9 Å². The van der Waals surface area contributed by atoms with Crippen LogP contribution in [0.4, 0.5) is 0 Å². The molecule has 1 unspecified atom stereocenters. The van der Waals surface area contributed by atoms with Crippen LogP contribution in [-0.4, -0.2) is 35.4 Å². The van der Waals surface area contributed by atoms with E-state index in [0.717, 1.165) is 56.5 Å². The predicted octanol–water partition coefficient (Wildman–Crippen LogP) is 2.79. The monoisotopic (exact) mass is 311 g/mol. The van der Waals surface area contributed by atoms with E-state index in [4.69, 9.17) is 5.73 Å². The molecule has 3 atom stereocenters. The molecule has 2 aliphatic heterocycles. The van der Waals surface area contributed by atoms with Crippen LogP contribution < -0.4 is 5.73 Å². The largest absolute Gasteiger partial charge is 0.369 e. The van der Waals surface area contributed by atoms with E-state index in [2.05, 4.69) is 35.0 Å². The number of para-hydroxylation sites is 1. The van der Waals surface area contributed by atoms with Crippen molar-refractivity contribution in [3.8, 4) is 0 Å². The number of hydrogen-bond donors (Lipinski definition) is 2. The first-order chi connectivity index (χ1) is 11.1. The third kappa shape index (κ3) is 2.19. The number of carbonyl (C=O) groups excluding carboxylic acids is 1. The van der Waals surface area contributed by atoms with Crippen molar-refractivity contribution < 1.29 is 4.79 Å². The van der Waals surface area contributed by atoms with Gasteiger partial charge in [-0.05, 0) is 49.3 Å². The van der Waals surface area contributed by atoms with Crippen LogP contribution in [0.5, 0.6) is 0 Å². The minimum atomic E-state index is -0.210. The SMILES string of the molecule is CC[C@]12CCCN(CCc3c([nH]c4ccccc34)[C@H]1C(N)=O)C2. The average molecular weight is 311 g/mol. The molecule has 4 nitrogen and oxygen atoms in total. The lowest BCUT2D eigenvalue weighted by Gasteiger charge is -2.47. The number of primary amides is 1. The van der Waals surface area contributed by atoms with Crippen LogP contribution in [0.2, 0.25) is 0 Å². The molecule has 122 valence electrons. The zero-order valence-electron chi connectivity index (χ0n) is 13.8. The number of hydrogen-bond acceptors (Lipinski definition) is 2. The van der Waals surface area contributed by atoms with Gasteiger partial charge in [-0.15, -0.1) is 0 Å². The van der Waals surface area contributed by atoms with E-state index in [1.54, 1.807) is 0 Å². The zero-order chi connectivity index (χ0) is 16.0. The summed E-state index contributed by atoms with van der Waals surface area (Å²) in [5, 5.41) is 1.25. The number of H-pyrrole nitrogens is 1. The molecule has 0 saturated carbocycles. The van der Waals surface area contributed by atoms with Crippen LogP contribution in [0.1, 0.15) is 43.4 Å². The van der Waals surface area contributed by atoms with Crippen molar-refractivity contribution in [2.75, 3.05) is 19.6 Å². The summed E-state index contributed by atoms with van der Waals surface area (Å²) in [6, 6.07) is 8.38. The van der Waals surface area contributed by atoms with Crippen molar-refractivity contribution in [3.05, 3.63) is 35.5 Å². The Hall–Kier alpha value is -1.81. The van der Waals surface area contributed by atoms with E-state index in [0.29, 0.717) is 0 Å². The topological polar surface area (TPSA) is 62.1 Å². The summed E-state index contributed by atoms with van der Waals surface area (Å²) in [6.07, 6.45) is 4.23. The number of amides is 1. The first-order valence-corrected chi connectivity index (χ1v) is 8.76. The molecule has 1 aromatic carbocycles. The van der Waals surface area contributed by atoms with Crippen LogP contribution in [-0.2, 0) is 11.2 Å². The number of aromatic amines is 1. The molecule has 1 fully saturated rings. The number of piperidine rings is 1.